The summed E-state index contributed by atoms with van der Waals surface area (Å²) in [5.74, 6) is 0.210. The predicted octanol–water partition coefficient (Wildman–Crippen LogP) is 3.66. The molecule has 4 nitrogen and oxygen atoms in total. The van der Waals surface area contributed by atoms with Gasteiger partial charge in [0, 0.05) is 16.1 Å². The number of carbonyl (C=O) groups excluding carboxylic acids is 2. The van der Waals surface area contributed by atoms with Gasteiger partial charge in [-0.05, 0) is 31.0 Å². The summed E-state index contributed by atoms with van der Waals surface area (Å²) in [4.78, 5) is 23.8. The number of hydrogen-bond donors (Lipinski definition) is 1. The molecule has 118 valence electrons. The van der Waals surface area contributed by atoms with Crippen molar-refractivity contribution < 1.29 is 14.3 Å². The van der Waals surface area contributed by atoms with Gasteiger partial charge >= 0.3 is 0 Å². The number of benzene rings is 2. The summed E-state index contributed by atoms with van der Waals surface area (Å²) in [5.41, 5.74) is 1.16. The van der Waals surface area contributed by atoms with Crippen molar-refractivity contribution in [3.8, 4) is 5.75 Å². The molecule has 23 heavy (non-hydrogen) atoms. The molecule has 0 radical (unpaired) electrons. The third kappa shape index (κ3) is 3.99. The van der Waals surface area contributed by atoms with E-state index in [0.717, 1.165) is 29.2 Å². The van der Waals surface area contributed by atoms with Gasteiger partial charge in [0.2, 0.25) is 6.10 Å². The summed E-state index contributed by atoms with van der Waals surface area (Å²) in [6.45, 7) is 0. The second-order valence-corrected chi connectivity index (χ2v) is 6.41. The van der Waals surface area contributed by atoms with Crippen LogP contribution in [0.3, 0.4) is 0 Å². The topological polar surface area (TPSA) is 55.4 Å². The first kappa shape index (κ1) is 15.7. The first-order chi connectivity index (χ1) is 11.2. The van der Waals surface area contributed by atoms with Crippen LogP contribution < -0.4 is 10.1 Å². The Hall–Kier alpha value is -2.14. The van der Waals surface area contributed by atoms with E-state index in [2.05, 4.69) is 21.2 Å². The van der Waals surface area contributed by atoms with E-state index in [4.69, 9.17) is 4.74 Å². The highest BCUT2D eigenvalue weighted by molar-refractivity contribution is 9.10. The largest absolute Gasteiger partial charge is 0.475 e. The number of hydrogen-bond acceptors (Lipinski definition) is 3. The monoisotopic (exact) mass is 373 g/mol. The van der Waals surface area contributed by atoms with E-state index in [1.54, 1.807) is 18.2 Å². The van der Waals surface area contributed by atoms with E-state index in [9.17, 15) is 9.59 Å². The third-order valence-corrected chi connectivity index (χ3v) is 4.10. The maximum atomic E-state index is 12.5. The van der Waals surface area contributed by atoms with E-state index in [-0.39, 0.29) is 11.9 Å². The summed E-state index contributed by atoms with van der Waals surface area (Å²) in [7, 11) is 0. The van der Waals surface area contributed by atoms with E-state index in [1.165, 1.54) is 0 Å². The second-order valence-electron chi connectivity index (χ2n) is 5.49. The molecule has 1 amide bonds. The molecule has 0 heterocycles. The minimum atomic E-state index is -0.781. The maximum absolute atomic E-state index is 12.5. The molecule has 5 heteroatoms. The molecule has 0 aliphatic heterocycles. The lowest BCUT2D eigenvalue weighted by Gasteiger charge is -2.20. The number of carbonyl (C=O) groups is 2. The fourth-order valence-corrected chi connectivity index (χ4v) is 2.63. The van der Waals surface area contributed by atoms with E-state index < -0.39 is 6.10 Å². The number of nitrogens with one attached hydrogen (secondary N) is 1. The highest BCUT2D eigenvalue weighted by Crippen LogP contribution is 2.28. The minimum absolute atomic E-state index is 0.182. The van der Waals surface area contributed by atoms with E-state index >= 15 is 0 Å². The highest BCUT2D eigenvalue weighted by atomic mass is 79.9. The number of rotatable bonds is 6. The quantitative estimate of drug-likeness (QED) is 0.786. The molecule has 2 aromatic carbocycles. The minimum Gasteiger partial charge on any atom is -0.475 e. The number of aldehydes is 1. The molecule has 0 aromatic heterocycles. The van der Waals surface area contributed by atoms with Gasteiger partial charge in [-0.15, -0.1) is 0 Å². The number of halogens is 1. The normalized spacial score (nSPS) is 14.8. The van der Waals surface area contributed by atoms with Gasteiger partial charge in [0.15, 0.2) is 6.29 Å². The van der Waals surface area contributed by atoms with Crippen LogP contribution in [0.1, 0.15) is 34.9 Å². The summed E-state index contributed by atoms with van der Waals surface area (Å²) < 4.78 is 6.69. The molecule has 1 fully saturated rings. The van der Waals surface area contributed by atoms with Crippen LogP contribution in [0.25, 0.3) is 0 Å². The lowest BCUT2D eigenvalue weighted by atomic mass is 10.1. The fourth-order valence-electron chi connectivity index (χ4n) is 2.25. The van der Waals surface area contributed by atoms with E-state index in [0.29, 0.717) is 11.3 Å². The summed E-state index contributed by atoms with van der Waals surface area (Å²) in [6, 6.07) is 14.7. The van der Waals surface area contributed by atoms with Crippen LogP contribution in [0.4, 0.5) is 0 Å². The average molecular weight is 374 g/mol. The van der Waals surface area contributed by atoms with E-state index in [1.807, 2.05) is 30.3 Å². The lowest BCUT2D eigenvalue weighted by molar-refractivity contribution is -0.128. The van der Waals surface area contributed by atoms with Gasteiger partial charge in [-0.2, -0.15) is 0 Å². The first-order valence-electron chi connectivity index (χ1n) is 7.44. The van der Waals surface area contributed by atoms with Crippen molar-refractivity contribution in [1.29, 1.82) is 0 Å². The molecule has 1 N–H and O–H groups in total. The molecule has 1 saturated carbocycles. The van der Waals surface area contributed by atoms with Crippen LogP contribution in [0.5, 0.6) is 5.75 Å². The smallest absolute Gasteiger partial charge is 0.266 e. The van der Waals surface area contributed by atoms with Crippen molar-refractivity contribution >= 4 is 28.1 Å². The van der Waals surface area contributed by atoms with Crippen molar-refractivity contribution in [1.82, 2.24) is 5.32 Å². The molecule has 0 spiro atoms. The van der Waals surface area contributed by atoms with Crippen LogP contribution >= 0.6 is 15.9 Å². The SMILES string of the molecule is O=Cc1cc(Br)ccc1O[C@H](C(=O)NC1CC1)c1ccccc1. The van der Waals surface area contributed by atoms with Gasteiger partial charge in [0.1, 0.15) is 5.75 Å². The summed E-state index contributed by atoms with van der Waals surface area (Å²) in [5, 5.41) is 2.96. The molecule has 1 aliphatic rings. The van der Waals surface area contributed by atoms with Gasteiger partial charge in [0.05, 0.1) is 5.56 Å². The molecule has 1 atom stereocenters. The Morgan fingerprint density at radius 3 is 2.61 bits per heavy atom. The zero-order valence-corrected chi connectivity index (χ0v) is 14.0. The Kier molecular flexibility index (Phi) is 4.76. The van der Waals surface area contributed by atoms with Crippen LogP contribution in [0.2, 0.25) is 0 Å². The van der Waals surface area contributed by atoms with Crippen LogP contribution in [0, 0.1) is 0 Å². The molecular weight excluding hydrogens is 358 g/mol. The molecule has 0 unspecified atom stereocenters. The summed E-state index contributed by atoms with van der Waals surface area (Å²) >= 11 is 3.32. The van der Waals surface area contributed by atoms with Gasteiger partial charge in [-0.3, -0.25) is 9.59 Å². The van der Waals surface area contributed by atoms with Crippen molar-refractivity contribution in [3.63, 3.8) is 0 Å². The van der Waals surface area contributed by atoms with Crippen molar-refractivity contribution in [3.05, 3.63) is 64.1 Å². The standard InChI is InChI=1S/C18H16BrNO3/c19-14-6-9-16(13(10-14)11-21)23-17(12-4-2-1-3-5-12)18(22)20-15-7-8-15/h1-6,9-11,15,17H,7-8H2,(H,20,22)/t17-/m0/s1. The zero-order valence-electron chi connectivity index (χ0n) is 12.4. The molecule has 3 rings (SSSR count). The lowest BCUT2D eigenvalue weighted by Crippen LogP contribution is -2.34. The van der Waals surface area contributed by atoms with Crippen molar-refractivity contribution in [2.75, 3.05) is 0 Å². The second kappa shape index (κ2) is 6.96. The van der Waals surface area contributed by atoms with Crippen LogP contribution in [-0.2, 0) is 4.79 Å². The summed E-state index contributed by atoms with van der Waals surface area (Å²) in [6.07, 6.45) is 1.95. The Morgan fingerprint density at radius 1 is 1.22 bits per heavy atom. The third-order valence-electron chi connectivity index (χ3n) is 3.61. The van der Waals surface area contributed by atoms with Gasteiger partial charge in [0.25, 0.3) is 5.91 Å². The molecule has 1 aliphatic carbocycles. The molecule has 0 saturated heterocycles. The number of ether oxygens (including phenoxy) is 1. The Labute approximate surface area is 143 Å². The van der Waals surface area contributed by atoms with Gasteiger partial charge in [-0.1, -0.05) is 46.3 Å². The van der Waals surface area contributed by atoms with Gasteiger partial charge < -0.3 is 10.1 Å². The average Bonchev–Trinajstić information content (AvgIpc) is 3.38. The molecular formula is C18H16BrNO3. The van der Waals surface area contributed by atoms with Crippen LogP contribution in [0.15, 0.2) is 53.0 Å². The number of amides is 1. The van der Waals surface area contributed by atoms with Crippen LogP contribution in [-0.4, -0.2) is 18.2 Å². The zero-order chi connectivity index (χ0) is 16.2. The Bertz CT molecular complexity index is 713. The van der Waals surface area contributed by atoms with Crippen molar-refractivity contribution in [2.24, 2.45) is 0 Å². The molecule has 0 bridgehead atoms. The van der Waals surface area contributed by atoms with Crippen molar-refractivity contribution in [2.45, 2.75) is 25.0 Å². The Morgan fingerprint density at radius 2 is 1.96 bits per heavy atom. The highest BCUT2D eigenvalue weighted by Gasteiger charge is 2.30. The molecule has 2 aromatic rings. The maximum Gasteiger partial charge on any atom is 0.266 e. The fraction of sp³-hybridized carbons (Fsp3) is 0.222. The Balaban J connectivity index is 1.89. The van der Waals surface area contributed by atoms with Gasteiger partial charge in [-0.25, -0.2) is 0 Å². The predicted molar refractivity (Wildman–Crippen MR) is 90.5 cm³/mol. The first-order valence-corrected chi connectivity index (χ1v) is 8.23.